The number of halogens is 2. The second-order valence-corrected chi connectivity index (χ2v) is 13.5. The van der Waals surface area contributed by atoms with Crippen LogP contribution in [-0.4, -0.2) is 100.0 Å². The van der Waals surface area contributed by atoms with Gasteiger partial charge in [-0.15, -0.1) is 0 Å². The predicted octanol–water partition coefficient (Wildman–Crippen LogP) is 5.30. The van der Waals surface area contributed by atoms with Crippen molar-refractivity contribution in [2.45, 2.75) is 70.2 Å². The van der Waals surface area contributed by atoms with Crippen LogP contribution in [0.2, 0.25) is 0 Å². The molecule has 48 heavy (non-hydrogen) atoms. The second kappa shape index (κ2) is 12.9. The summed E-state index contributed by atoms with van der Waals surface area (Å²) in [5.41, 5.74) is 1.78. The summed E-state index contributed by atoms with van der Waals surface area (Å²) in [5, 5.41) is 21.4. The Morgan fingerprint density at radius 2 is 1.81 bits per heavy atom. The smallest absolute Gasteiger partial charge is 0.410 e. The second-order valence-electron chi connectivity index (χ2n) is 13.5. The lowest BCUT2D eigenvalue weighted by Gasteiger charge is -2.41. The molecule has 6 rings (SSSR count). The van der Waals surface area contributed by atoms with Crippen LogP contribution in [0.3, 0.4) is 0 Å². The average molecular weight is 664 g/mol. The van der Waals surface area contributed by atoms with Crippen molar-refractivity contribution >= 4 is 34.5 Å². The van der Waals surface area contributed by atoms with E-state index in [2.05, 4.69) is 35.2 Å². The van der Waals surface area contributed by atoms with Gasteiger partial charge in [-0.1, -0.05) is 36.4 Å². The first kappa shape index (κ1) is 33.0. The van der Waals surface area contributed by atoms with E-state index in [9.17, 15) is 28.7 Å². The molecule has 4 heterocycles. The Morgan fingerprint density at radius 1 is 1.04 bits per heavy atom. The number of rotatable bonds is 6. The minimum atomic E-state index is -3.11. The number of carbonyl (C=O) groups excluding carboxylic acids is 1. The third-order valence-corrected chi connectivity index (χ3v) is 8.89. The molecule has 0 saturated carbocycles. The van der Waals surface area contributed by atoms with Gasteiger partial charge < -0.3 is 29.3 Å². The first-order valence-electron chi connectivity index (χ1n) is 16.1. The molecule has 14 heteroatoms. The first-order valence-corrected chi connectivity index (χ1v) is 16.1. The number of anilines is 2. The van der Waals surface area contributed by atoms with Crippen molar-refractivity contribution in [3.05, 3.63) is 53.7 Å². The van der Waals surface area contributed by atoms with Crippen molar-refractivity contribution in [1.29, 1.82) is 5.26 Å². The highest BCUT2D eigenvalue weighted by atomic mass is 19.3. The van der Waals surface area contributed by atoms with Gasteiger partial charge >= 0.3 is 18.2 Å². The molecule has 0 bridgehead atoms. The van der Waals surface area contributed by atoms with E-state index in [-0.39, 0.29) is 32.1 Å². The van der Waals surface area contributed by atoms with E-state index < -0.39 is 48.8 Å². The van der Waals surface area contributed by atoms with Crippen LogP contribution in [0.1, 0.15) is 44.9 Å². The van der Waals surface area contributed by atoms with Crippen molar-refractivity contribution in [2.24, 2.45) is 0 Å². The third kappa shape index (κ3) is 7.00. The normalized spacial score (nSPS) is 20.8. The Kier molecular flexibility index (Phi) is 8.89. The van der Waals surface area contributed by atoms with Crippen LogP contribution in [0.15, 0.2) is 42.5 Å². The van der Waals surface area contributed by atoms with Crippen LogP contribution in [0, 0.1) is 11.3 Å². The van der Waals surface area contributed by atoms with Gasteiger partial charge in [0, 0.05) is 49.2 Å². The predicted molar refractivity (Wildman–Crippen MR) is 173 cm³/mol. The molecule has 2 saturated heterocycles. The molecule has 1 unspecified atom stereocenters. The maximum Gasteiger partial charge on any atom is 0.410 e. The number of nitrogens with zero attached hydrogens (tertiary/aromatic N) is 7. The van der Waals surface area contributed by atoms with Crippen LogP contribution < -0.4 is 14.5 Å². The van der Waals surface area contributed by atoms with Crippen LogP contribution in [-0.2, 0) is 17.7 Å². The molecule has 254 valence electrons. The van der Waals surface area contributed by atoms with E-state index >= 15 is 0 Å². The highest BCUT2D eigenvalue weighted by Crippen LogP contribution is 2.36. The molecule has 0 aliphatic carbocycles. The number of likely N-dealkylation sites (tertiary alicyclic amines) is 1. The molecule has 3 aromatic rings. The molecular formula is C34H39F2N7O5. The van der Waals surface area contributed by atoms with Crippen molar-refractivity contribution in [1.82, 2.24) is 19.8 Å². The summed E-state index contributed by atoms with van der Waals surface area (Å²) in [6.07, 6.45) is -1.91. The number of nitriles is 1. The monoisotopic (exact) mass is 663 g/mol. The van der Waals surface area contributed by atoms with E-state index in [1.165, 1.54) is 4.90 Å². The number of alkyl halides is 2. The molecule has 3 aliphatic rings. The summed E-state index contributed by atoms with van der Waals surface area (Å²) in [4.78, 5) is 40.7. The summed E-state index contributed by atoms with van der Waals surface area (Å²) >= 11 is 0. The van der Waals surface area contributed by atoms with Gasteiger partial charge in [0.05, 0.1) is 43.4 Å². The number of carbonyl (C=O) groups is 2. The summed E-state index contributed by atoms with van der Waals surface area (Å²) < 4.78 is 40.6. The van der Waals surface area contributed by atoms with Crippen LogP contribution in [0.25, 0.3) is 10.8 Å². The Bertz CT molecular complexity index is 1740. The van der Waals surface area contributed by atoms with Gasteiger partial charge in [-0.25, -0.2) is 18.4 Å². The number of hydrogen-bond acceptors (Lipinski definition) is 9. The van der Waals surface area contributed by atoms with Crippen molar-refractivity contribution in [2.75, 3.05) is 49.1 Å². The van der Waals surface area contributed by atoms with Crippen LogP contribution in [0.5, 0.6) is 6.01 Å². The molecule has 3 aliphatic heterocycles. The number of amides is 2. The molecule has 0 radical (unpaired) electrons. The summed E-state index contributed by atoms with van der Waals surface area (Å²) in [7, 11) is 0. The van der Waals surface area contributed by atoms with Gasteiger partial charge in [-0.3, -0.25) is 4.90 Å². The average Bonchev–Trinajstić information content (AvgIpc) is 3.36. The number of ether oxygens (including phenoxy) is 2. The number of aromatic nitrogens is 2. The van der Waals surface area contributed by atoms with E-state index in [1.807, 2.05) is 23.1 Å². The molecule has 1 aromatic heterocycles. The summed E-state index contributed by atoms with van der Waals surface area (Å²) in [5.74, 6) is -2.54. The van der Waals surface area contributed by atoms with Gasteiger partial charge in [0.25, 0.3) is 5.92 Å². The molecule has 1 N–H and O–H groups in total. The Balaban J connectivity index is 1.31. The van der Waals surface area contributed by atoms with Crippen molar-refractivity contribution < 1.29 is 33.0 Å². The molecule has 2 atom stereocenters. The molecule has 12 nitrogen and oxygen atoms in total. The molecule has 2 amide bonds. The van der Waals surface area contributed by atoms with E-state index in [4.69, 9.17) is 19.4 Å². The maximum atomic E-state index is 14.6. The fourth-order valence-electron chi connectivity index (χ4n) is 6.74. The van der Waals surface area contributed by atoms with Gasteiger partial charge in [-0.2, -0.15) is 15.2 Å². The summed E-state index contributed by atoms with van der Waals surface area (Å²) in [6.45, 7) is 5.84. The van der Waals surface area contributed by atoms with Crippen molar-refractivity contribution in [3.8, 4) is 12.1 Å². The lowest BCUT2D eigenvalue weighted by atomic mass is 10.0. The molecule has 2 aromatic carbocycles. The standard InChI is InChI=1S/C34H39F2N7O5/c1-33(2,3)48-32(46)43-21-34(35,36)17-24(43)20-47-30-38-27-19-40(28-10-6-8-22-7-4-5-9-25(22)28)14-12-26(27)29(39-30)41-15-16-42(31(44)45)23(18-41)11-13-37/h4-10,23-24H,11-12,14-21H2,1-3H3,(H,44,45)/t23?,24-/m0/s1. The van der Waals surface area contributed by atoms with E-state index in [0.717, 1.165) is 26.9 Å². The molecular weight excluding hydrogens is 624 g/mol. The lowest BCUT2D eigenvalue weighted by Crippen LogP contribution is -2.55. The Labute approximate surface area is 277 Å². The minimum Gasteiger partial charge on any atom is -0.465 e. The van der Waals surface area contributed by atoms with Crippen molar-refractivity contribution in [3.63, 3.8) is 0 Å². The topological polar surface area (TPSA) is 135 Å². The lowest BCUT2D eigenvalue weighted by molar-refractivity contribution is -0.00277. The summed E-state index contributed by atoms with van der Waals surface area (Å²) in [6, 6.07) is 14.8. The molecule has 2 fully saturated rings. The fraction of sp³-hybridized carbons (Fsp3) is 0.500. The zero-order valence-corrected chi connectivity index (χ0v) is 27.2. The number of benzene rings is 2. The minimum absolute atomic E-state index is 0.0185. The third-order valence-electron chi connectivity index (χ3n) is 8.89. The number of fused-ring (bicyclic) bond motifs is 2. The van der Waals surface area contributed by atoms with Crippen LogP contribution >= 0.6 is 0 Å². The Hall–Kier alpha value is -4.93. The van der Waals surface area contributed by atoms with Gasteiger partial charge in [0.2, 0.25) is 0 Å². The zero-order valence-electron chi connectivity index (χ0n) is 27.2. The Morgan fingerprint density at radius 3 is 2.56 bits per heavy atom. The highest BCUT2D eigenvalue weighted by molar-refractivity contribution is 5.94. The molecule has 0 spiro atoms. The number of carboxylic acid groups (broad SMARTS) is 1. The first-order chi connectivity index (χ1) is 22.8. The fourth-order valence-corrected chi connectivity index (χ4v) is 6.74. The van der Waals surface area contributed by atoms with Gasteiger partial charge in [0.15, 0.2) is 0 Å². The number of hydrogen-bond donors (Lipinski definition) is 1. The van der Waals surface area contributed by atoms with Gasteiger partial charge in [0.1, 0.15) is 18.0 Å². The quantitative estimate of drug-likeness (QED) is 0.370. The largest absolute Gasteiger partial charge is 0.465 e. The maximum absolute atomic E-state index is 14.6. The van der Waals surface area contributed by atoms with Gasteiger partial charge in [-0.05, 0) is 38.6 Å². The van der Waals surface area contributed by atoms with E-state index in [0.29, 0.717) is 37.6 Å². The SMILES string of the molecule is CC(C)(C)OC(=O)N1CC(F)(F)C[C@H]1COc1nc2c(c(N3CCN(C(=O)O)C(CC#N)C3)n1)CCN(c1cccc3ccccc13)C2. The van der Waals surface area contributed by atoms with E-state index in [1.54, 1.807) is 20.8 Å². The highest BCUT2D eigenvalue weighted by Gasteiger charge is 2.48. The number of piperazine rings is 1. The zero-order chi connectivity index (χ0) is 34.2. The van der Waals surface area contributed by atoms with Crippen LogP contribution in [0.4, 0.5) is 29.9 Å².